The molecule has 0 aliphatic rings. The number of hydrogen-bond acceptors (Lipinski definition) is 5. The van der Waals surface area contributed by atoms with Gasteiger partial charge in [-0.1, -0.05) is 0 Å². The Kier molecular flexibility index (Phi) is 6.67. The van der Waals surface area contributed by atoms with Crippen molar-refractivity contribution in [1.82, 2.24) is 0 Å². The van der Waals surface area contributed by atoms with E-state index in [2.05, 4.69) is 5.32 Å². The molecule has 0 heterocycles. The molecular weight excluding hydrogens is 253 g/mol. The molecule has 0 fully saturated rings. The highest BCUT2D eigenvalue weighted by Crippen LogP contribution is 2.20. The van der Waals surface area contributed by atoms with Crippen molar-refractivity contribution in [2.75, 3.05) is 38.8 Å². The van der Waals surface area contributed by atoms with E-state index in [0.717, 1.165) is 0 Å². The summed E-state index contributed by atoms with van der Waals surface area (Å²) in [6, 6.07) is 4.58. The summed E-state index contributed by atoms with van der Waals surface area (Å²) in [4.78, 5) is 11.0. The molecule has 1 aromatic carbocycles. The number of halogens is 1. The first-order valence-corrected chi connectivity index (χ1v) is 5.98. The van der Waals surface area contributed by atoms with E-state index in [0.29, 0.717) is 25.4 Å². The molecule has 0 aliphatic carbocycles. The van der Waals surface area contributed by atoms with Gasteiger partial charge in [-0.15, -0.1) is 0 Å². The lowest BCUT2D eigenvalue weighted by Gasteiger charge is -2.08. The van der Waals surface area contributed by atoms with E-state index in [9.17, 15) is 9.18 Å². The molecule has 0 radical (unpaired) electrons. The molecule has 1 rings (SSSR count). The molecule has 0 aromatic heterocycles. The Morgan fingerprint density at radius 3 is 2.84 bits per heavy atom. The molecule has 1 N–H and O–H groups in total. The third-order valence-corrected chi connectivity index (χ3v) is 2.25. The number of esters is 1. The van der Waals surface area contributed by atoms with E-state index in [1.165, 1.54) is 19.2 Å². The quantitative estimate of drug-likeness (QED) is 0.577. The van der Waals surface area contributed by atoms with Gasteiger partial charge in [0.1, 0.15) is 6.61 Å². The number of nitrogens with one attached hydrogen (secondary N) is 1. The maximum absolute atomic E-state index is 13.4. The fraction of sp³-hybridized carbons (Fsp3) is 0.462. The van der Waals surface area contributed by atoms with Crippen LogP contribution in [0.1, 0.15) is 6.92 Å². The lowest BCUT2D eigenvalue weighted by Crippen LogP contribution is -2.16. The highest BCUT2D eigenvalue weighted by molar-refractivity contribution is 5.70. The SMILES string of the molecule is CCOC(=O)COCCNc1ccc(OC)c(F)c1. The Bertz CT molecular complexity index is 412. The van der Waals surface area contributed by atoms with E-state index in [-0.39, 0.29) is 12.4 Å². The Balaban J connectivity index is 2.22. The van der Waals surface area contributed by atoms with Crippen LogP contribution in [-0.4, -0.2) is 39.4 Å². The van der Waals surface area contributed by atoms with E-state index in [1.807, 2.05) is 0 Å². The average molecular weight is 271 g/mol. The molecule has 6 heteroatoms. The smallest absolute Gasteiger partial charge is 0.332 e. The second-order valence-electron chi connectivity index (χ2n) is 3.63. The van der Waals surface area contributed by atoms with Gasteiger partial charge in [0.2, 0.25) is 0 Å². The Morgan fingerprint density at radius 1 is 1.42 bits per heavy atom. The van der Waals surface area contributed by atoms with Crippen LogP contribution in [0.4, 0.5) is 10.1 Å². The standard InChI is InChI=1S/C13H18FNO4/c1-3-19-13(16)9-18-7-6-15-10-4-5-12(17-2)11(14)8-10/h4-5,8,15H,3,6-7,9H2,1-2H3. The molecule has 5 nitrogen and oxygen atoms in total. The molecule has 1 aromatic rings. The van der Waals surface area contributed by atoms with E-state index in [4.69, 9.17) is 14.2 Å². The van der Waals surface area contributed by atoms with E-state index in [1.54, 1.807) is 13.0 Å². The van der Waals surface area contributed by atoms with Gasteiger partial charge in [0.15, 0.2) is 11.6 Å². The van der Waals surface area contributed by atoms with Crippen molar-refractivity contribution >= 4 is 11.7 Å². The first kappa shape index (κ1) is 15.2. The summed E-state index contributed by atoms with van der Waals surface area (Å²) in [5.74, 6) is -0.623. The minimum Gasteiger partial charge on any atom is -0.494 e. The van der Waals surface area contributed by atoms with Gasteiger partial charge >= 0.3 is 5.97 Å². The Morgan fingerprint density at radius 2 is 2.21 bits per heavy atom. The molecular formula is C13H18FNO4. The van der Waals surface area contributed by atoms with Crippen LogP contribution in [0.3, 0.4) is 0 Å². The van der Waals surface area contributed by atoms with Gasteiger partial charge < -0.3 is 19.5 Å². The topological polar surface area (TPSA) is 56.8 Å². The zero-order valence-electron chi connectivity index (χ0n) is 11.1. The molecule has 0 saturated heterocycles. The number of hydrogen-bond donors (Lipinski definition) is 1. The molecule has 0 spiro atoms. The summed E-state index contributed by atoms with van der Waals surface area (Å²) in [7, 11) is 1.41. The normalized spacial score (nSPS) is 10.1. The van der Waals surface area contributed by atoms with Crippen molar-refractivity contribution in [1.29, 1.82) is 0 Å². The van der Waals surface area contributed by atoms with Crippen molar-refractivity contribution in [3.63, 3.8) is 0 Å². The molecule has 0 atom stereocenters. The van der Waals surface area contributed by atoms with Crippen molar-refractivity contribution in [3.8, 4) is 5.75 Å². The van der Waals surface area contributed by atoms with Crippen LogP contribution >= 0.6 is 0 Å². The summed E-state index contributed by atoms with van der Waals surface area (Å²) >= 11 is 0. The van der Waals surface area contributed by atoms with Crippen molar-refractivity contribution in [2.45, 2.75) is 6.92 Å². The van der Waals surface area contributed by atoms with Crippen LogP contribution < -0.4 is 10.1 Å². The van der Waals surface area contributed by atoms with Crippen LogP contribution in [0.2, 0.25) is 0 Å². The van der Waals surface area contributed by atoms with E-state index >= 15 is 0 Å². The first-order chi connectivity index (χ1) is 9.17. The van der Waals surface area contributed by atoms with Gasteiger partial charge in [-0.3, -0.25) is 0 Å². The van der Waals surface area contributed by atoms with Gasteiger partial charge in [0.05, 0.1) is 20.3 Å². The van der Waals surface area contributed by atoms with Crippen LogP contribution in [0.15, 0.2) is 18.2 Å². The van der Waals surface area contributed by atoms with Crippen LogP contribution in [-0.2, 0) is 14.3 Å². The number of carbonyl (C=O) groups is 1. The van der Waals surface area contributed by atoms with E-state index < -0.39 is 11.8 Å². The van der Waals surface area contributed by atoms with Crippen molar-refractivity contribution < 1.29 is 23.4 Å². The predicted molar refractivity (Wildman–Crippen MR) is 68.9 cm³/mol. The second kappa shape index (κ2) is 8.31. The van der Waals surface area contributed by atoms with Gasteiger partial charge in [-0.2, -0.15) is 0 Å². The number of benzene rings is 1. The van der Waals surface area contributed by atoms with Crippen LogP contribution in [0.25, 0.3) is 0 Å². The summed E-state index contributed by atoms with van der Waals surface area (Å²) in [5.41, 5.74) is 0.623. The first-order valence-electron chi connectivity index (χ1n) is 5.98. The van der Waals surface area contributed by atoms with Crippen LogP contribution in [0, 0.1) is 5.82 Å². The number of anilines is 1. The predicted octanol–water partition coefficient (Wildman–Crippen LogP) is 1.83. The molecule has 0 saturated carbocycles. The third kappa shape index (κ3) is 5.56. The number of carbonyl (C=O) groups excluding carboxylic acids is 1. The van der Waals surface area contributed by atoms with Crippen molar-refractivity contribution in [3.05, 3.63) is 24.0 Å². The molecule has 0 aliphatic heterocycles. The Hall–Kier alpha value is -1.82. The maximum atomic E-state index is 13.4. The monoisotopic (exact) mass is 271 g/mol. The third-order valence-electron chi connectivity index (χ3n) is 2.25. The van der Waals surface area contributed by atoms with Gasteiger partial charge in [-0.05, 0) is 19.1 Å². The van der Waals surface area contributed by atoms with Gasteiger partial charge in [-0.25, -0.2) is 9.18 Å². The molecule has 0 amide bonds. The summed E-state index contributed by atoms with van der Waals surface area (Å²) in [6.45, 7) is 2.79. The minimum atomic E-state index is -0.431. The van der Waals surface area contributed by atoms with Crippen LogP contribution in [0.5, 0.6) is 5.75 Å². The highest BCUT2D eigenvalue weighted by Gasteiger charge is 2.03. The van der Waals surface area contributed by atoms with Gasteiger partial charge in [0, 0.05) is 18.3 Å². The second-order valence-corrected chi connectivity index (χ2v) is 3.63. The summed E-state index contributed by atoms with van der Waals surface area (Å²) < 4.78 is 28.0. The fourth-order valence-corrected chi connectivity index (χ4v) is 1.40. The average Bonchev–Trinajstić information content (AvgIpc) is 2.39. The lowest BCUT2D eigenvalue weighted by atomic mass is 10.3. The number of methoxy groups -OCH3 is 1. The number of ether oxygens (including phenoxy) is 3. The Labute approximate surface area is 111 Å². The zero-order valence-corrected chi connectivity index (χ0v) is 11.1. The molecule has 0 bridgehead atoms. The fourth-order valence-electron chi connectivity index (χ4n) is 1.40. The highest BCUT2D eigenvalue weighted by atomic mass is 19.1. The van der Waals surface area contributed by atoms with Crippen molar-refractivity contribution in [2.24, 2.45) is 0 Å². The lowest BCUT2D eigenvalue weighted by molar-refractivity contribution is -0.148. The summed E-state index contributed by atoms with van der Waals surface area (Å²) in [6.07, 6.45) is 0. The summed E-state index contributed by atoms with van der Waals surface area (Å²) in [5, 5.41) is 2.97. The van der Waals surface area contributed by atoms with Gasteiger partial charge in [0.25, 0.3) is 0 Å². The zero-order chi connectivity index (χ0) is 14.1. The number of rotatable bonds is 8. The molecule has 19 heavy (non-hydrogen) atoms. The minimum absolute atomic E-state index is 0.0769. The molecule has 106 valence electrons. The largest absolute Gasteiger partial charge is 0.494 e. The maximum Gasteiger partial charge on any atom is 0.332 e. The molecule has 0 unspecified atom stereocenters.